The van der Waals surface area contributed by atoms with E-state index in [9.17, 15) is 4.79 Å². The van der Waals surface area contributed by atoms with Crippen molar-refractivity contribution in [2.45, 2.75) is 44.6 Å². The van der Waals surface area contributed by atoms with Crippen molar-refractivity contribution in [1.82, 2.24) is 0 Å². The fourth-order valence-electron chi connectivity index (χ4n) is 2.09. The third kappa shape index (κ3) is 2.23. The molecule has 0 aromatic rings. The number of carbonyl (C=O) groups excluding carboxylic acids is 1. The van der Waals surface area contributed by atoms with Crippen LogP contribution in [0.2, 0.25) is 0 Å². The highest BCUT2D eigenvalue weighted by atomic mass is 16.5. The van der Waals surface area contributed by atoms with Crippen LogP contribution in [0.15, 0.2) is 11.8 Å². The second-order valence-corrected chi connectivity index (χ2v) is 4.42. The lowest BCUT2D eigenvalue weighted by atomic mass is 9.90. The van der Waals surface area contributed by atoms with Crippen molar-refractivity contribution in [3.63, 3.8) is 0 Å². The van der Waals surface area contributed by atoms with E-state index in [2.05, 4.69) is 0 Å². The lowest BCUT2D eigenvalue weighted by molar-refractivity contribution is -0.147. The first-order valence-electron chi connectivity index (χ1n) is 5.74. The summed E-state index contributed by atoms with van der Waals surface area (Å²) in [5.74, 6) is 0.549. The molecule has 1 unspecified atom stereocenters. The van der Waals surface area contributed by atoms with Crippen molar-refractivity contribution < 1.29 is 14.3 Å². The zero-order chi connectivity index (χ0) is 10.7. The van der Waals surface area contributed by atoms with Crippen LogP contribution in [0.4, 0.5) is 0 Å². The summed E-state index contributed by atoms with van der Waals surface area (Å²) in [7, 11) is 0. The number of rotatable bonds is 2. The first kappa shape index (κ1) is 10.7. The van der Waals surface area contributed by atoms with Crippen LogP contribution < -0.4 is 0 Å². The molecule has 1 atom stereocenters. The SMILES string of the molecule is CC1(C(=O)C2=CCCCO2)CCCCO1. The van der Waals surface area contributed by atoms with E-state index in [4.69, 9.17) is 9.47 Å². The molecule has 2 aliphatic heterocycles. The number of allylic oxidation sites excluding steroid dienone is 1. The Bertz CT molecular complexity index is 275. The van der Waals surface area contributed by atoms with E-state index in [1.54, 1.807) is 0 Å². The van der Waals surface area contributed by atoms with Crippen molar-refractivity contribution in [3.05, 3.63) is 11.8 Å². The van der Waals surface area contributed by atoms with Gasteiger partial charge in [0.1, 0.15) is 5.60 Å². The number of hydrogen-bond acceptors (Lipinski definition) is 3. The molecule has 0 aromatic carbocycles. The first-order chi connectivity index (χ1) is 7.22. The van der Waals surface area contributed by atoms with Gasteiger partial charge < -0.3 is 9.47 Å². The molecular weight excluding hydrogens is 192 g/mol. The normalized spacial score (nSPS) is 31.7. The molecule has 3 heteroatoms. The zero-order valence-corrected chi connectivity index (χ0v) is 9.25. The summed E-state index contributed by atoms with van der Waals surface area (Å²) in [6.07, 6.45) is 6.78. The number of hydrogen-bond donors (Lipinski definition) is 0. The fourth-order valence-corrected chi connectivity index (χ4v) is 2.09. The standard InChI is InChI=1S/C12H18O3/c1-12(7-3-5-9-15-12)11(13)10-6-2-4-8-14-10/h6H,2-5,7-9H2,1H3. The Morgan fingerprint density at radius 1 is 1.33 bits per heavy atom. The van der Waals surface area contributed by atoms with Crippen LogP contribution in [0.25, 0.3) is 0 Å². The highest BCUT2D eigenvalue weighted by Crippen LogP contribution is 2.29. The summed E-state index contributed by atoms with van der Waals surface area (Å²) in [5, 5.41) is 0. The number of Topliss-reactive ketones (excluding diaryl/α,β-unsaturated/α-hetero) is 1. The van der Waals surface area contributed by atoms with Crippen LogP contribution in [-0.4, -0.2) is 24.6 Å². The van der Waals surface area contributed by atoms with Crippen LogP contribution in [0.5, 0.6) is 0 Å². The van der Waals surface area contributed by atoms with Crippen LogP contribution in [-0.2, 0) is 14.3 Å². The Morgan fingerprint density at radius 2 is 2.20 bits per heavy atom. The molecule has 3 nitrogen and oxygen atoms in total. The molecule has 1 saturated heterocycles. The van der Waals surface area contributed by atoms with Gasteiger partial charge in [-0.25, -0.2) is 0 Å². The van der Waals surface area contributed by atoms with Gasteiger partial charge in [-0.2, -0.15) is 0 Å². The predicted molar refractivity (Wildman–Crippen MR) is 56.5 cm³/mol. The maximum absolute atomic E-state index is 12.2. The maximum Gasteiger partial charge on any atom is 0.228 e. The Balaban J connectivity index is 2.08. The predicted octanol–water partition coefficient (Wildman–Crippen LogP) is 2.21. The van der Waals surface area contributed by atoms with Gasteiger partial charge in [-0.1, -0.05) is 0 Å². The minimum absolute atomic E-state index is 0.0295. The first-order valence-corrected chi connectivity index (χ1v) is 5.74. The molecule has 0 N–H and O–H groups in total. The zero-order valence-electron chi connectivity index (χ0n) is 9.25. The number of ketones is 1. The summed E-state index contributed by atoms with van der Waals surface area (Å²) in [6, 6.07) is 0. The van der Waals surface area contributed by atoms with Crippen LogP contribution in [0, 0.1) is 0 Å². The van der Waals surface area contributed by atoms with Crippen molar-refractivity contribution in [3.8, 4) is 0 Å². The van der Waals surface area contributed by atoms with Crippen molar-refractivity contribution in [1.29, 1.82) is 0 Å². The Morgan fingerprint density at radius 3 is 2.80 bits per heavy atom. The van der Waals surface area contributed by atoms with Gasteiger partial charge in [0.2, 0.25) is 5.78 Å². The molecule has 0 bridgehead atoms. The molecule has 0 radical (unpaired) electrons. The van der Waals surface area contributed by atoms with E-state index in [1.807, 2.05) is 13.0 Å². The monoisotopic (exact) mass is 210 g/mol. The molecule has 2 heterocycles. The van der Waals surface area contributed by atoms with Crippen molar-refractivity contribution >= 4 is 5.78 Å². The van der Waals surface area contributed by atoms with E-state index in [0.29, 0.717) is 19.0 Å². The van der Waals surface area contributed by atoms with Crippen molar-refractivity contribution in [2.75, 3.05) is 13.2 Å². The van der Waals surface area contributed by atoms with E-state index >= 15 is 0 Å². The quantitative estimate of drug-likeness (QED) is 0.701. The highest BCUT2D eigenvalue weighted by molar-refractivity contribution is 6.00. The van der Waals surface area contributed by atoms with Gasteiger partial charge in [0.25, 0.3) is 0 Å². The second-order valence-electron chi connectivity index (χ2n) is 4.42. The molecule has 0 aliphatic carbocycles. The number of carbonyl (C=O) groups is 1. The lowest BCUT2D eigenvalue weighted by Crippen LogP contribution is -2.42. The van der Waals surface area contributed by atoms with Gasteiger partial charge in [-0.15, -0.1) is 0 Å². The van der Waals surface area contributed by atoms with Gasteiger partial charge in [-0.3, -0.25) is 4.79 Å². The topological polar surface area (TPSA) is 35.5 Å². The van der Waals surface area contributed by atoms with Gasteiger partial charge in [0, 0.05) is 6.61 Å². The minimum atomic E-state index is -0.637. The molecule has 15 heavy (non-hydrogen) atoms. The molecule has 2 aliphatic rings. The summed E-state index contributed by atoms with van der Waals surface area (Å²) >= 11 is 0. The molecule has 0 aromatic heterocycles. The van der Waals surface area contributed by atoms with Gasteiger partial charge in [0.05, 0.1) is 6.61 Å². The molecule has 2 rings (SSSR count). The smallest absolute Gasteiger partial charge is 0.228 e. The van der Waals surface area contributed by atoms with Crippen molar-refractivity contribution in [2.24, 2.45) is 0 Å². The number of ether oxygens (including phenoxy) is 2. The van der Waals surface area contributed by atoms with E-state index < -0.39 is 5.60 Å². The van der Waals surface area contributed by atoms with Crippen LogP contribution in [0.3, 0.4) is 0 Å². The lowest BCUT2D eigenvalue weighted by Gasteiger charge is -2.33. The average Bonchev–Trinajstić information content (AvgIpc) is 2.30. The Labute approximate surface area is 90.4 Å². The van der Waals surface area contributed by atoms with E-state index in [-0.39, 0.29) is 5.78 Å². The largest absolute Gasteiger partial charge is 0.490 e. The summed E-state index contributed by atoms with van der Waals surface area (Å²) in [6.45, 7) is 3.23. The average molecular weight is 210 g/mol. The Kier molecular flexibility index (Phi) is 3.10. The second kappa shape index (κ2) is 4.35. The van der Waals surface area contributed by atoms with E-state index in [0.717, 1.165) is 32.1 Å². The van der Waals surface area contributed by atoms with Gasteiger partial charge in [-0.05, 0) is 45.1 Å². The summed E-state index contributed by atoms with van der Waals surface area (Å²) in [4.78, 5) is 12.2. The van der Waals surface area contributed by atoms with Crippen LogP contribution in [0.1, 0.15) is 39.0 Å². The van der Waals surface area contributed by atoms with E-state index in [1.165, 1.54) is 0 Å². The van der Waals surface area contributed by atoms with Gasteiger partial charge >= 0.3 is 0 Å². The summed E-state index contributed by atoms with van der Waals surface area (Å²) < 4.78 is 11.0. The maximum atomic E-state index is 12.2. The minimum Gasteiger partial charge on any atom is -0.490 e. The third-order valence-electron chi connectivity index (χ3n) is 3.11. The van der Waals surface area contributed by atoms with Crippen LogP contribution >= 0.6 is 0 Å². The fraction of sp³-hybridized carbons (Fsp3) is 0.750. The molecule has 84 valence electrons. The highest BCUT2D eigenvalue weighted by Gasteiger charge is 2.38. The van der Waals surface area contributed by atoms with Gasteiger partial charge in [0.15, 0.2) is 5.76 Å². The summed E-state index contributed by atoms with van der Waals surface area (Å²) in [5.41, 5.74) is -0.637. The molecule has 0 saturated carbocycles. The molecule has 0 amide bonds. The molecule has 1 fully saturated rings. The molecule has 0 spiro atoms. The molecular formula is C12H18O3. The third-order valence-corrected chi connectivity index (χ3v) is 3.11. The Hall–Kier alpha value is -0.830.